The molecular formula is C20H23N3O2. The first-order chi connectivity index (χ1) is 12.3. The van der Waals surface area contributed by atoms with Crippen molar-refractivity contribution in [1.82, 2.24) is 5.32 Å². The first-order valence-corrected chi connectivity index (χ1v) is 8.87. The van der Waals surface area contributed by atoms with Gasteiger partial charge in [-0.15, -0.1) is 0 Å². The van der Waals surface area contributed by atoms with Crippen LogP contribution in [0.1, 0.15) is 5.56 Å². The van der Waals surface area contributed by atoms with Gasteiger partial charge in [-0.1, -0.05) is 30.3 Å². The van der Waals surface area contributed by atoms with Crippen LogP contribution in [0.25, 0.3) is 0 Å². The number of carbonyl (C=O) groups is 1. The maximum absolute atomic E-state index is 12.8. The van der Waals surface area contributed by atoms with E-state index in [1.165, 1.54) is 0 Å². The van der Waals surface area contributed by atoms with Crippen LogP contribution in [-0.4, -0.2) is 38.7 Å². The topological polar surface area (TPSA) is 53.6 Å². The van der Waals surface area contributed by atoms with Crippen molar-refractivity contribution in [2.24, 2.45) is 5.92 Å². The minimum Gasteiger partial charge on any atom is -0.492 e. The Balaban J connectivity index is 1.48. The molecule has 1 amide bonds. The van der Waals surface area contributed by atoms with E-state index in [4.69, 9.17) is 4.74 Å². The summed E-state index contributed by atoms with van der Waals surface area (Å²) < 4.78 is 5.76. The number of para-hydroxylation sites is 3. The summed E-state index contributed by atoms with van der Waals surface area (Å²) in [7, 11) is 0. The van der Waals surface area contributed by atoms with Gasteiger partial charge >= 0.3 is 0 Å². The largest absolute Gasteiger partial charge is 0.492 e. The second-order valence-corrected chi connectivity index (χ2v) is 6.56. The fourth-order valence-corrected chi connectivity index (χ4v) is 3.49. The van der Waals surface area contributed by atoms with Crippen LogP contribution in [-0.2, 0) is 11.2 Å². The molecule has 1 fully saturated rings. The Labute approximate surface area is 148 Å². The third-order valence-corrected chi connectivity index (χ3v) is 4.87. The van der Waals surface area contributed by atoms with E-state index in [0.29, 0.717) is 6.61 Å². The summed E-state index contributed by atoms with van der Waals surface area (Å²) in [5.74, 6) is 0.760. The molecule has 2 aromatic carbocycles. The van der Waals surface area contributed by atoms with Crippen molar-refractivity contribution in [3.8, 4) is 5.75 Å². The van der Waals surface area contributed by atoms with Gasteiger partial charge in [0.05, 0.1) is 17.3 Å². The van der Waals surface area contributed by atoms with E-state index in [9.17, 15) is 4.79 Å². The number of nitrogens with one attached hydrogen (secondary N) is 2. The third-order valence-electron chi connectivity index (χ3n) is 4.87. The SMILES string of the molecule is O=C(Nc1ccccc1N1CCNCC1)C1COc2ccccc2C1. The van der Waals surface area contributed by atoms with E-state index >= 15 is 0 Å². The highest BCUT2D eigenvalue weighted by atomic mass is 16.5. The summed E-state index contributed by atoms with van der Waals surface area (Å²) in [6.07, 6.45) is 0.720. The van der Waals surface area contributed by atoms with E-state index in [1.807, 2.05) is 42.5 Å². The lowest BCUT2D eigenvalue weighted by atomic mass is 9.96. The van der Waals surface area contributed by atoms with Crippen LogP contribution in [0.5, 0.6) is 5.75 Å². The monoisotopic (exact) mass is 337 g/mol. The van der Waals surface area contributed by atoms with Crippen molar-refractivity contribution in [1.29, 1.82) is 0 Å². The zero-order chi connectivity index (χ0) is 17.1. The summed E-state index contributed by atoms with van der Waals surface area (Å²) >= 11 is 0. The van der Waals surface area contributed by atoms with Crippen molar-refractivity contribution >= 4 is 17.3 Å². The Bertz CT molecular complexity index is 756. The van der Waals surface area contributed by atoms with Crippen molar-refractivity contribution < 1.29 is 9.53 Å². The van der Waals surface area contributed by atoms with Gasteiger partial charge in [-0.05, 0) is 30.2 Å². The Morgan fingerprint density at radius 2 is 1.84 bits per heavy atom. The molecule has 0 saturated carbocycles. The van der Waals surface area contributed by atoms with Crippen LogP contribution in [0.3, 0.4) is 0 Å². The number of piperazine rings is 1. The van der Waals surface area contributed by atoms with Crippen LogP contribution in [0.2, 0.25) is 0 Å². The minimum absolute atomic E-state index is 0.0251. The lowest BCUT2D eigenvalue weighted by Crippen LogP contribution is -2.44. The van der Waals surface area contributed by atoms with Crippen molar-refractivity contribution in [3.63, 3.8) is 0 Å². The predicted molar refractivity (Wildman–Crippen MR) is 99.3 cm³/mol. The van der Waals surface area contributed by atoms with Crippen molar-refractivity contribution in [2.75, 3.05) is 43.0 Å². The number of rotatable bonds is 3. The highest BCUT2D eigenvalue weighted by Gasteiger charge is 2.26. The molecule has 2 aliphatic rings. The van der Waals surface area contributed by atoms with E-state index in [0.717, 1.165) is 55.3 Å². The average molecular weight is 337 g/mol. The summed E-state index contributed by atoms with van der Waals surface area (Å²) in [6.45, 7) is 4.27. The molecule has 0 aromatic heterocycles. The normalized spacial score (nSPS) is 19.7. The molecule has 0 spiro atoms. The standard InChI is InChI=1S/C20H23N3O2/c24-20(16-13-15-5-1-4-8-19(15)25-14-16)22-17-6-2-3-7-18(17)23-11-9-21-10-12-23/h1-8,16,21H,9-14H2,(H,22,24). The number of hydrogen-bond donors (Lipinski definition) is 2. The first kappa shape index (κ1) is 16.0. The summed E-state index contributed by atoms with van der Waals surface area (Å²) in [4.78, 5) is 15.1. The molecule has 1 unspecified atom stereocenters. The Morgan fingerprint density at radius 1 is 1.08 bits per heavy atom. The molecule has 5 heteroatoms. The molecule has 1 saturated heterocycles. The summed E-state index contributed by atoms with van der Waals surface area (Å²) in [5, 5.41) is 6.49. The molecule has 4 rings (SSSR count). The third kappa shape index (κ3) is 3.46. The Hall–Kier alpha value is -2.53. The zero-order valence-corrected chi connectivity index (χ0v) is 14.2. The number of amides is 1. The fraction of sp³-hybridized carbons (Fsp3) is 0.350. The molecule has 0 aliphatic carbocycles. The maximum Gasteiger partial charge on any atom is 0.231 e. The van der Waals surface area contributed by atoms with Gasteiger partial charge < -0.3 is 20.3 Å². The van der Waals surface area contributed by atoms with E-state index in [-0.39, 0.29) is 11.8 Å². The molecule has 1 atom stereocenters. The highest BCUT2D eigenvalue weighted by Crippen LogP contribution is 2.30. The molecule has 2 aliphatic heterocycles. The predicted octanol–water partition coefficient (Wildman–Crippen LogP) is 2.29. The second kappa shape index (κ2) is 7.15. The lowest BCUT2D eigenvalue weighted by Gasteiger charge is -2.31. The van der Waals surface area contributed by atoms with Gasteiger partial charge in [0.15, 0.2) is 0 Å². The first-order valence-electron chi connectivity index (χ1n) is 8.87. The Kier molecular flexibility index (Phi) is 4.57. The number of carbonyl (C=O) groups excluding carboxylic acids is 1. The highest BCUT2D eigenvalue weighted by molar-refractivity contribution is 5.96. The number of fused-ring (bicyclic) bond motifs is 1. The zero-order valence-electron chi connectivity index (χ0n) is 14.2. The Morgan fingerprint density at radius 3 is 2.72 bits per heavy atom. The molecule has 5 nitrogen and oxygen atoms in total. The fourth-order valence-electron chi connectivity index (χ4n) is 3.49. The number of hydrogen-bond acceptors (Lipinski definition) is 4. The van der Waals surface area contributed by atoms with Crippen LogP contribution >= 0.6 is 0 Å². The van der Waals surface area contributed by atoms with Crippen LogP contribution in [0, 0.1) is 5.92 Å². The smallest absolute Gasteiger partial charge is 0.231 e. The lowest BCUT2D eigenvalue weighted by molar-refractivity contribution is -0.121. The van der Waals surface area contributed by atoms with E-state index in [1.54, 1.807) is 0 Å². The number of benzene rings is 2. The number of nitrogens with zero attached hydrogens (tertiary/aromatic N) is 1. The molecule has 25 heavy (non-hydrogen) atoms. The van der Waals surface area contributed by atoms with E-state index < -0.39 is 0 Å². The van der Waals surface area contributed by atoms with Gasteiger partial charge in [0.2, 0.25) is 5.91 Å². The molecule has 130 valence electrons. The molecule has 2 N–H and O–H groups in total. The molecule has 2 heterocycles. The number of ether oxygens (including phenoxy) is 1. The van der Waals surface area contributed by atoms with Gasteiger partial charge in [-0.2, -0.15) is 0 Å². The molecule has 2 aromatic rings. The van der Waals surface area contributed by atoms with Crippen molar-refractivity contribution in [2.45, 2.75) is 6.42 Å². The van der Waals surface area contributed by atoms with Gasteiger partial charge in [-0.25, -0.2) is 0 Å². The molecule has 0 radical (unpaired) electrons. The number of anilines is 2. The maximum atomic E-state index is 12.8. The van der Waals surface area contributed by atoms with Crippen LogP contribution in [0.15, 0.2) is 48.5 Å². The van der Waals surface area contributed by atoms with Gasteiger partial charge in [0, 0.05) is 26.2 Å². The van der Waals surface area contributed by atoms with Crippen LogP contribution in [0.4, 0.5) is 11.4 Å². The van der Waals surface area contributed by atoms with E-state index in [2.05, 4.69) is 21.6 Å². The quantitative estimate of drug-likeness (QED) is 0.902. The van der Waals surface area contributed by atoms with Crippen molar-refractivity contribution in [3.05, 3.63) is 54.1 Å². The van der Waals surface area contributed by atoms with Crippen LogP contribution < -0.4 is 20.3 Å². The summed E-state index contributed by atoms with van der Waals surface area (Å²) in [6, 6.07) is 16.0. The minimum atomic E-state index is -0.161. The van der Waals surface area contributed by atoms with Gasteiger partial charge in [-0.3, -0.25) is 4.79 Å². The summed E-state index contributed by atoms with van der Waals surface area (Å²) in [5.41, 5.74) is 3.08. The van der Waals surface area contributed by atoms with Gasteiger partial charge in [0.25, 0.3) is 0 Å². The molecule has 0 bridgehead atoms. The average Bonchev–Trinajstić information content (AvgIpc) is 2.68. The second-order valence-electron chi connectivity index (χ2n) is 6.56. The van der Waals surface area contributed by atoms with Gasteiger partial charge in [0.1, 0.15) is 12.4 Å². The molecular weight excluding hydrogens is 314 g/mol.